The fourth-order valence-electron chi connectivity index (χ4n) is 4.37. The number of rotatable bonds is 3. The van der Waals surface area contributed by atoms with E-state index in [0.717, 1.165) is 23.8 Å². The summed E-state index contributed by atoms with van der Waals surface area (Å²) in [6, 6.07) is 2.94. The Morgan fingerprint density at radius 3 is 2.94 bits per heavy atom. The standard InChI is InChI=1S/C20H18FN9O/c1-2-20-11-31-8-7-30(20)17-15(29-12-25-27-18(20)29)10-24-19(26-17)28-6-5-22-16(28)14-4-3-13(21)9-23-14/h3-6,9-10,12H,2,7-8,11H2,1H3/t20-/m0/s1. The summed E-state index contributed by atoms with van der Waals surface area (Å²) >= 11 is 0. The number of nitrogens with zero attached hydrogens (tertiary/aromatic N) is 9. The second-order valence-corrected chi connectivity index (χ2v) is 7.48. The Hall–Kier alpha value is -3.73. The molecule has 2 aliphatic heterocycles. The van der Waals surface area contributed by atoms with Crippen molar-refractivity contribution in [3.8, 4) is 23.2 Å². The van der Waals surface area contributed by atoms with E-state index in [-0.39, 0.29) is 0 Å². The molecule has 1 fully saturated rings. The quantitative estimate of drug-likeness (QED) is 0.496. The number of aromatic nitrogens is 8. The normalized spacial score (nSPS) is 19.6. The van der Waals surface area contributed by atoms with Crippen LogP contribution in [0.4, 0.5) is 10.2 Å². The fourth-order valence-corrected chi connectivity index (χ4v) is 4.37. The minimum Gasteiger partial charge on any atom is -0.377 e. The van der Waals surface area contributed by atoms with Gasteiger partial charge in [-0.25, -0.2) is 19.3 Å². The molecule has 0 aliphatic carbocycles. The molecule has 0 radical (unpaired) electrons. The molecule has 156 valence electrons. The lowest BCUT2D eigenvalue weighted by Crippen LogP contribution is -2.58. The van der Waals surface area contributed by atoms with Crippen molar-refractivity contribution in [2.45, 2.75) is 18.9 Å². The van der Waals surface area contributed by atoms with Crippen LogP contribution < -0.4 is 4.90 Å². The van der Waals surface area contributed by atoms with Gasteiger partial charge in [0.2, 0.25) is 5.95 Å². The molecule has 0 saturated carbocycles. The number of pyridine rings is 1. The molecule has 0 N–H and O–H groups in total. The van der Waals surface area contributed by atoms with Gasteiger partial charge in [-0.05, 0) is 18.6 Å². The van der Waals surface area contributed by atoms with Crippen molar-refractivity contribution in [3.63, 3.8) is 0 Å². The van der Waals surface area contributed by atoms with Crippen LogP contribution in [0.15, 0.2) is 43.2 Å². The van der Waals surface area contributed by atoms with Crippen LogP contribution in [0.5, 0.6) is 0 Å². The van der Waals surface area contributed by atoms with Gasteiger partial charge in [0.15, 0.2) is 17.5 Å². The molecule has 0 aromatic carbocycles. The van der Waals surface area contributed by atoms with E-state index in [2.05, 4.69) is 37.0 Å². The van der Waals surface area contributed by atoms with Gasteiger partial charge in [0, 0.05) is 18.9 Å². The average Bonchev–Trinajstić information content (AvgIpc) is 3.50. The number of hydrogen-bond acceptors (Lipinski definition) is 8. The average molecular weight is 419 g/mol. The van der Waals surface area contributed by atoms with E-state index >= 15 is 0 Å². The molecule has 10 nitrogen and oxygen atoms in total. The third-order valence-electron chi connectivity index (χ3n) is 5.93. The van der Waals surface area contributed by atoms with Crippen LogP contribution in [0.25, 0.3) is 23.2 Å². The highest BCUT2D eigenvalue weighted by molar-refractivity contribution is 5.64. The lowest BCUT2D eigenvalue weighted by atomic mass is 9.90. The number of anilines is 1. The van der Waals surface area contributed by atoms with Crippen molar-refractivity contribution < 1.29 is 9.13 Å². The second-order valence-electron chi connectivity index (χ2n) is 7.48. The maximum atomic E-state index is 13.3. The Morgan fingerprint density at radius 1 is 1.16 bits per heavy atom. The van der Waals surface area contributed by atoms with Crippen LogP contribution >= 0.6 is 0 Å². The van der Waals surface area contributed by atoms with Gasteiger partial charge in [0.25, 0.3) is 0 Å². The first-order valence-electron chi connectivity index (χ1n) is 10.0. The summed E-state index contributed by atoms with van der Waals surface area (Å²) in [6.07, 6.45) is 8.82. The lowest BCUT2D eigenvalue weighted by molar-refractivity contribution is 0.0390. The molecule has 0 spiro atoms. The van der Waals surface area contributed by atoms with Crippen molar-refractivity contribution in [3.05, 3.63) is 54.9 Å². The van der Waals surface area contributed by atoms with Crippen LogP contribution in [0.3, 0.4) is 0 Å². The molecule has 6 rings (SSSR count). The highest BCUT2D eigenvalue weighted by Crippen LogP contribution is 2.43. The summed E-state index contributed by atoms with van der Waals surface area (Å²) in [5.41, 5.74) is 0.906. The van der Waals surface area contributed by atoms with E-state index < -0.39 is 11.4 Å². The number of halogens is 1. The van der Waals surface area contributed by atoms with Crippen molar-refractivity contribution in [2.24, 2.45) is 0 Å². The number of fused-ring (bicyclic) bond motifs is 6. The Bertz CT molecular complexity index is 1270. The van der Waals surface area contributed by atoms with Crippen molar-refractivity contribution in [1.29, 1.82) is 0 Å². The van der Waals surface area contributed by atoms with Crippen molar-refractivity contribution in [1.82, 2.24) is 39.3 Å². The van der Waals surface area contributed by atoms with Gasteiger partial charge in [0.1, 0.15) is 29.1 Å². The summed E-state index contributed by atoms with van der Waals surface area (Å²) in [7, 11) is 0. The summed E-state index contributed by atoms with van der Waals surface area (Å²) in [6.45, 7) is 3.91. The first-order valence-corrected chi connectivity index (χ1v) is 10.0. The summed E-state index contributed by atoms with van der Waals surface area (Å²) < 4.78 is 22.8. The molecule has 4 aromatic rings. The summed E-state index contributed by atoms with van der Waals surface area (Å²) in [5, 5.41) is 8.54. The molecule has 6 heterocycles. The Balaban J connectivity index is 1.52. The molecule has 4 aromatic heterocycles. The molecule has 0 amide bonds. The van der Waals surface area contributed by atoms with E-state index in [1.807, 2.05) is 4.57 Å². The predicted octanol–water partition coefficient (Wildman–Crippen LogP) is 1.90. The molecular formula is C20H18FN9O. The maximum Gasteiger partial charge on any atom is 0.237 e. The van der Waals surface area contributed by atoms with Crippen molar-refractivity contribution >= 4 is 5.82 Å². The molecule has 2 aliphatic rings. The Morgan fingerprint density at radius 2 is 2.10 bits per heavy atom. The van der Waals surface area contributed by atoms with Crippen LogP contribution in [0, 0.1) is 5.82 Å². The largest absolute Gasteiger partial charge is 0.377 e. The van der Waals surface area contributed by atoms with Crippen LogP contribution in [-0.2, 0) is 10.3 Å². The van der Waals surface area contributed by atoms with Gasteiger partial charge in [-0.2, -0.15) is 4.98 Å². The Kier molecular flexibility index (Phi) is 3.87. The third-order valence-corrected chi connectivity index (χ3v) is 5.93. The van der Waals surface area contributed by atoms with Gasteiger partial charge < -0.3 is 9.64 Å². The summed E-state index contributed by atoms with van der Waals surface area (Å²) in [4.78, 5) is 20.3. The minimum atomic E-state index is -0.441. The van der Waals surface area contributed by atoms with E-state index in [9.17, 15) is 4.39 Å². The Labute approximate surface area is 176 Å². The van der Waals surface area contributed by atoms with Crippen LogP contribution in [0.1, 0.15) is 19.2 Å². The zero-order chi connectivity index (χ0) is 21.0. The second kappa shape index (κ2) is 6.64. The summed E-state index contributed by atoms with van der Waals surface area (Å²) in [5.74, 6) is 2.20. The van der Waals surface area contributed by atoms with E-state index in [0.29, 0.717) is 37.2 Å². The van der Waals surface area contributed by atoms with Gasteiger partial charge in [0.05, 0.1) is 25.6 Å². The third kappa shape index (κ3) is 2.53. The molecule has 31 heavy (non-hydrogen) atoms. The number of hydrogen-bond donors (Lipinski definition) is 0. The smallest absolute Gasteiger partial charge is 0.237 e. The van der Waals surface area contributed by atoms with Crippen molar-refractivity contribution in [2.75, 3.05) is 24.7 Å². The highest BCUT2D eigenvalue weighted by atomic mass is 19.1. The lowest BCUT2D eigenvalue weighted by Gasteiger charge is -2.49. The minimum absolute atomic E-state index is 0.403. The highest BCUT2D eigenvalue weighted by Gasteiger charge is 2.48. The fraction of sp³-hybridized carbons (Fsp3) is 0.300. The molecule has 0 bridgehead atoms. The first kappa shape index (κ1) is 18.1. The first-order chi connectivity index (χ1) is 15.2. The van der Waals surface area contributed by atoms with E-state index in [1.165, 1.54) is 12.3 Å². The number of morpholine rings is 1. The van der Waals surface area contributed by atoms with E-state index in [1.54, 1.807) is 35.6 Å². The number of imidazole rings is 1. The maximum absolute atomic E-state index is 13.3. The molecule has 11 heteroatoms. The van der Waals surface area contributed by atoms with Gasteiger partial charge in [-0.1, -0.05) is 6.92 Å². The van der Waals surface area contributed by atoms with Gasteiger partial charge in [-0.15, -0.1) is 10.2 Å². The molecule has 0 unspecified atom stereocenters. The van der Waals surface area contributed by atoms with E-state index in [4.69, 9.17) is 9.72 Å². The SMILES string of the molecule is CC[C@@]12COCCN1c1nc(-n3ccnc3-c3ccc(F)cn3)ncc1-n1cnnc12. The molecule has 1 saturated heterocycles. The molecule has 1 atom stereocenters. The number of ether oxygens (including phenoxy) is 1. The van der Waals surface area contributed by atoms with Gasteiger partial charge >= 0.3 is 0 Å². The van der Waals surface area contributed by atoms with Crippen LogP contribution in [0.2, 0.25) is 0 Å². The zero-order valence-corrected chi connectivity index (χ0v) is 16.7. The monoisotopic (exact) mass is 419 g/mol. The predicted molar refractivity (Wildman–Crippen MR) is 107 cm³/mol. The molecular weight excluding hydrogens is 401 g/mol. The zero-order valence-electron chi connectivity index (χ0n) is 16.7. The topological polar surface area (TPSA) is 99.7 Å². The van der Waals surface area contributed by atoms with Crippen LogP contribution in [-0.4, -0.2) is 59.0 Å². The van der Waals surface area contributed by atoms with Gasteiger partial charge in [-0.3, -0.25) is 9.13 Å².